The largest absolute Gasteiger partial charge is 0.497 e. The Kier molecular flexibility index (Phi) is 4.21. The van der Waals surface area contributed by atoms with Crippen molar-refractivity contribution in [2.24, 2.45) is 0 Å². The minimum atomic E-state index is -0.727. The molecule has 0 aliphatic heterocycles. The average Bonchev–Trinajstić information content (AvgIpc) is 2.61. The normalized spacial score (nSPS) is 11.3. The van der Waals surface area contributed by atoms with Crippen LogP contribution in [0.1, 0.15) is 29.8 Å². The summed E-state index contributed by atoms with van der Waals surface area (Å²) in [6.45, 7) is 3.73. The first-order valence-corrected chi connectivity index (χ1v) is 7.71. The van der Waals surface area contributed by atoms with Gasteiger partial charge in [-0.2, -0.15) is 0 Å². The number of fused-ring (bicyclic) bond motifs is 1. The van der Waals surface area contributed by atoms with Crippen LogP contribution in [0.5, 0.6) is 5.75 Å². The van der Waals surface area contributed by atoms with Gasteiger partial charge in [0.05, 0.1) is 12.7 Å². The summed E-state index contributed by atoms with van der Waals surface area (Å²) in [7, 11) is 1.63. The van der Waals surface area contributed by atoms with Crippen molar-refractivity contribution in [2.75, 3.05) is 7.11 Å². The van der Waals surface area contributed by atoms with Crippen LogP contribution in [0.2, 0.25) is 0 Å². The molecule has 3 aromatic rings. The van der Waals surface area contributed by atoms with E-state index in [-0.39, 0.29) is 5.97 Å². The molecular formula is C20H19NO3. The minimum absolute atomic E-state index is 0.352. The van der Waals surface area contributed by atoms with E-state index in [1.807, 2.05) is 56.3 Å². The van der Waals surface area contributed by atoms with Gasteiger partial charge in [0.25, 0.3) is 0 Å². The lowest BCUT2D eigenvalue weighted by Gasteiger charge is -2.25. The van der Waals surface area contributed by atoms with Crippen molar-refractivity contribution >= 4 is 16.7 Å². The fraction of sp³-hybridized carbons (Fsp3) is 0.200. The molecule has 0 unspecified atom stereocenters. The number of carbonyl (C=O) groups is 1. The van der Waals surface area contributed by atoms with Crippen LogP contribution >= 0.6 is 0 Å². The van der Waals surface area contributed by atoms with Crippen molar-refractivity contribution in [2.45, 2.75) is 19.4 Å². The van der Waals surface area contributed by atoms with E-state index in [2.05, 4.69) is 4.98 Å². The summed E-state index contributed by atoms with van der Waals surface area (Å²) in [6.07, 6.45) is 3.38. The van der Waals surface area contributed by atoms with E-state index in [1.165, 1.54) is 0 Å². The number of ether oxygens (including phenoxy) is 2. The van der Waals surface area contributed by atoms with Crippen LogP contribution in [0, 0.1) is 0 Å². The van der Waals surface area contributed by atoms with Crippen LogP contribution < -0.4 is 4.74 Å². The van der Waals surface area contributed by atoms with Crippen LogP contribution in [0.3, 0.4) is 0 Å². The average molecular weight is 321 g/mol. The molecule has 3 rings (SSSR count). The lowest BCUT2D eigenvalue weighted by Crippen LogP contribution is -2.25. The van der Waals surface area contributed by atoms with Crippen LogP contribution in [0.15, 0.2) is 60.9 Å². The van der Waals surface area contributed by atoms with Gasteiger partial charge >= 0.3 is 5.97 Å². The molecule has 24 heavy (non-hydrogen) atoms. The predicted octanol–water partition coefficient (Wildman–Crippen LogP) is 4.34. The van der Waals surface area contributed by atoms with E-state index in [9.17, 15) is 4.79 Å². The predicted molar refractivity (Wildman–Crippen MR) is 93.2 cm³/mol. The first-order chi connectivity index (χ1) is 11.5. The van der Waals surface area contributed by atoms with Gasteiger partial charge in [0.2, 0.25) is 0 Å². The molecule has 122 valence electrons. The lowest BCUT2D eigenvalue weighted by molar-refractivity contribution is -0.00314. The minimum Gasteiger partial charge on any atom is -0.497 e. The monoisotopic (exact) mass is 321 g/mol. The van der Waals surface area contributed by atoms with Gasteiger partial charge in [-0.15, -0.1) is 0 Å². The lowest BCUT2D eigenvalue weighted by atomic mass is 9.99. The zero-order chi connectivity index (χ0) is 17.2. The molecule has 0 saturated carbocycles. The van der Waals surface area contributed by atoms with Gasteiger partial charge < -0.3 is 9.47 Å². The fourth-order valence-electron chi connectivity index (χ4n) is 2.58. The molecule has 0 spiro atoms. The van der Waals surface area contributed by atoms with Gasteiger partial charge in [0, 0.05) is 12.4 Å². The zero-order valence-electron chi connectivity index (χ0n) is 13.9. The third-order valence-corrected chi connectivity index (χ3v) is 4.01. The Morgan fingerprint density at radius 1 is 0.958 bits per heavy atom. The molecule has 2 aromatic carbocycles. The summed E-state index contributed by atoms with van der Waals surface area (Å²) in [4.78, 5) is 16.5. The van der Waals surface area contributed by atoms with Crippen molar-refractivity contribution in [3.63, 3.8) is 0 Å². The van der Waals surface area contributed by atoms with Crippen molar-refractivity contribution in [1.29, 1.82) is 0 Å². The summed E-state index contributed by atoms with van der Waals surface area (Å²) >= 11 is 0. The van der Waals surface area contributed by atoms with E-state index >= 15 is 0 Å². The highest BCUT2D eigenvalue weighted by molar-refractivity contribution is 5.96. The first kappa shape index (κ1) is 16.0. The molecular weight excluding hydrogens is 302 g/mol. The quantitative estimate of drug-likeness (QED) is 0.671. The summed E-state index contributed by atoms with van der Waals surface area (Å²) in [6, 6.07) is 14.9. The van der Waals surface area contributed by atoms with E-state index in [0.717, 1.165) is 22.1 Å². The number of nitrogens with zero attached hydrogens (tertiary/aromatic N) is 1. The second-order valence-electron chi connectivity index (χ2n) is 6.06. The molecule has 0 atom stereocenters. The Labute approximate surface area is 141 Å². The highest BCUT2D eigenvalue weighted by Gasteiger charge is 2.26. The number of rotatable bonds is 4. The maximum absolute atomic E-state index is 12.5. The number of hydrogen-bond donors (Lipinski definition) is 0. The van der Waals surface area contributed by atoms with Crippen LogP contribution in [0.25, 0.3) is 10.8 Å². The molecule has 4 nitrogen and oxygen atoms in total. The fourth-order valence-corrected chi connectivity index (χ4v) is 2.58. The molecule has 0 fully saturated rings. The number of aromatic nitrogens is 1. The van der Waals surface area contributed by atoms with Gasteiger partial charge in [-0.1, -0.05) is 12.1 Å². The molecule has 1 heterocycles. The van der Waals surface area contributed by atoms with Gasteiger partial charge in [-0.3, -0.25) is 4.98 Å². The Morgan fingerprint density at radius 2 is 1.62 bits per heavy atom. The second-order valence-corrected chi connectivity index (χ2v) is 6.06. The van der Waals surface area contributed by atoms with E-state index < -0.39 is 5.60 Å². The molecule has 0 aliphatic carbocycles. The molecule has 0 bridgehead atoms. The van der Waals surface area contributed by atoms with Gasteiger partial charge in [0.1, 0.15) is 11.4 Å². The Hall–Kier alpha value is -2.88. The summed E-state index contributed by atoms with van der Waals surface area (Å²) < 4.78 is 10.9. The maximum atomic E-state index is 12.5. The van der Waals surface area contributed by atoms with Crippen LogP contribution in [0.4, 0.5) is 0 Å². The highest BCUT2D eigenvalue weighted by Crippen LogP contribution is 2.27. The van der Waals surface area contributed by atoms with Crippen LogP contribution in [-0.2, 0) is 10.3 Å². The topological polar surface area (TPSA) is 48.4 Å². The highest BCUT2D eigenvalue weighted by atomic mass is 16.6. The Bertz CT molecular complexity index is 872. The van der Waals surface area contributed by atoms with Crippen molar-refractivity contribution in [1.82, 2.24) is 4.98 Å². The molecule has 1 aromatic heterocycles. The number of benzene rings is 2. The number of hydrogen-bond acceptors (Lipinski definition) is 4. The maximum Gasteiger partial charge on any atom is 0.339 e. The number of pyridine rings is 1. The third-order valence-electron chi connectivity index (χ3n) is 4.01. The Morgan fingerprint density at radius 3 is 2.33 bits per heavy atom. The smallest absolute Gasteiger partial charge is 0.339 e. The summed E-state index contributed by atoms with van der Waals surface area (Å²) in [5.74, 6) is 0.436. The number of esters is 1. The van der Waals surface area contributed by atoms with Crippen molar-refractivity contribution in [3.8, 4) is 5.75 Å². The number of methoxy groups -OCH3 is 1. The van der Waals surface area contributed by atoms with E-state index in [1.54, 1.807) is 25.6 Å². The standard InChI is InChI=1S/C20H19NO3/c1-20(2,17-8-10-21-11-9-17)24-19(22)16-5-4-15-13-18(23-3)7-6-14(15)12-16/h4-13H,1-3H3. The second kappa shape index (κ2) is 6.32. The molecule has 4 heteroatoms. The molecule has 0 saturated heterocycles. The third kappa shape index (κ3) is 3.23. The first-order valence-electron chi connectivity index (χ1n) is 7.71. The number of carbonyl (C=O) groups excluding carboxylic acids is 1. The van der Waals surface area contributed by atoms with Crippen molar-refractivity contribution < 1.29 is 14.3 Å². The zero-order valence-corrected chi connectivity index (χ0v) is 13.9. The van der Waals surface area contributed by atoms with Crippen LogP contribution in [-0.4, -0.2) is 18.1 Å². The summed E-state index contributed by atoms with van der Waals surface area (Å²) in [5, 5.41) is 1.98. The van der Waals surface area contributed by atoms with Gasteiger partial charge in [0.15, 0.2) is 0 Å². The SMILES string of the molecule is COc1ccc2cc(C(=O)OC(C)(C)c3ccncc3)ccc2c1. The van der Waals surface area contributed by atoms with Crippen molar-refractivity contribution in [3.05, 3.63) is 72.1 Å². The molecule has 0 radical (unpaired) electrons. The molecule has 0 aliphatic rings. The van der Waals surface area contributed by atoms with E-state index in [0.29, 0.717) is 5.56 Å². The molecule has 0 N–H and O–H groups in total. The Balaban J connectivity index is 1.86. The van der Waals surface area contributed by atoms with Gasteiger partial charge in [-0.25, -0.2) is 4.79 Å². The summed E-state index contributed by atoms with van der Waals surface area (Å²) in [5.41, 5.74) is 0.695. The van der Waals surface area contributed by atoms with E-state index in [4.69, 9.17) is 9.47 Å². The van der Waals surface area contributed by atoms with Gasteiger partial charge in [-0.05, 0) is 66.6 Å². The molecule has 0 amide bonds.